The first-order valence-electron chi connectivity index (χ1n) is 2.61. The third kappa shape index (κ3) is 5.45. The second-order valence-electron chi connectivity index (χ2n) is 1.59. The van der Waals surface area contributed by atoms with Gasteiger partial charge in [-0.05, 0) is 16.3 Å². The summed E-state index contributed by atoms with van der Waals surface area (Å²) in [4.78, 5) is 17.6. The van der Waals surface area contributed by atoms with Gasteiger partial charge in [-0.25, -0.2) is 0 Å². The molecule has 0 aliphatic rings. The van der Waals surface area contributed by atoms with E-state index in [2.05, 4.69) is 0 Å². The summed E-state index contributed by atoms with van der Waals surface area (Å²) in [6, 6.07) is 1.58. The fourth-order valence-corrected chi connectivity index (χ4v) is 0.417. The van der Waals surface area contributed by atoms with Crippen LogP contribution in [0.2, 0.25) is 0 Å². The molecule has 0 aliphatic heterocycles. The Morgan fingerprint density at radius 2 is 1.75 bits per heavy atom. The summed E-state index contributed by atoms with van der Waals surface area (Å²) >= 11 is 0. The van der Waals surface area contributed by atoms with E-state index < -0.39 is 22.4 Å². The van der Waals surface area contributed by atoms with Crippen LogP contribution in [0.5, 0.6) is 0 Å². The molecule has 0 bridgehead atoms. The first-order valence-corrected chi connectivity index (χ1v) is 2.61. The van der Waals surface area contributed by atoms with Gasteiger partial charge in [0.1, 0.15) is 0 Å². The van der Waals surface area contributed by atoms with Gasteiger partial charge in [-0.2, -0.15) is 5.26 Å². The molecule has 0 unspecified atom stereocenters. The number of nitro groups is 2. The maximum atomic E-state index is 9.86. The standard InChI is InChI=1S/C4H4N3O4.K/c5-3-1-2-4(6(8)9)7(10)11;/h1-2H2;/q-1;+1. The minimum absolute atomic E-state index is 0. The third-order valence-corrected chi connectivity index (χ3v) is 0.882. The maximum absolute atomic E-state index is 9.86. The zero-order valence-electron chi connectivity index (χ0n) is 6.39. The Morgan fingerprint density at radius 1 is 1.33 bits per heavy atom. The average molecular weight is 197 g/mol. The van der Waals surface area contributed by atoms with Crippen LogP contribution < -0.4 is 51.4 Å². The zero-order chi connectivity index (χ0) is 8.85. The van der Waals surface area contributed by atoms with Gasteiger partial charge in [0.05, 0.1) is 6.07 Å². The maximum Gasteiger partial charge on any atom is 1.00 e. The van der Waals surface area contributed by atoms with Gasteiger partial charge in [0, 0.05) is 6.42 Å². The first-order chi connectivity index (χ1) is 5.09. The van der Waals surface area contributed by atoms with Crippen LogP contribution in [-0.2, 0) is 0 Å². The molecular formula is C4H4KN3O4. The van der Waals surface area contributed by atoms with Gasteiger partial charge in [0.25, 0.3) is 6.17 Å². The summed E-state index contributed by atoms with van der Waals surface area (Å²) in [5.41, 5.74) is 0. The summed E-state index contributed by atoms with van der Waals surface area (Å²) in [5, 5.41) is 27.7. The molecule has 0 radical (unpaired) electrons. The van der Waals surface area contributed by atoms with E-state index in [1.807, 2.05) is 0 Å². The average Bonchev–Trinajstić information content (AvgIpc) is 1.87. The number of rotatable bonds is 4. The van der Waals surface area contributed by atoms with E-state index >= 15 is 0 Å². The van der Waals surface area contributed by atoms with E-state index in [0.717, 1.165) is 0 Å². The minimum atomic E-state index is -1.09. The zero-order valence-corrected chi connectivity index (χ0v) is 9.51. The molecule has 0 aromatic rings. The molecule has 0 heterocycles. The fraction of sp³-hybridized carbons (Fsp3) is 0.500. The van der Waals surface area contributed by atoms with Gasteiger partial charge in [-0.15, -0.1) is 0 Å². The van der Waals surface area contributed by atoms with E-state index in [1.165, 1.54) is 0 Å². The van der Waals surface area contributed by atoms with E-state index in [0.29, 0.717) is 0 Å². The second kappa shape index (κ2) is 7.45. The molecule has 0 aromatic heterocycles. The summed E-state index contributed by atoms with van der Waals surface area (Å²) < 4.78 is 0. The molecule has 0 spiro atoms. The van der Waals surface area contributed by atoms with Crippen molar-refractivity contribution < 1.29 is 61.2 Å². The smallest absolute Gasteiger partial charge is 0.289 e. The van der Waals surface area contributed by atoms with Crippen molar-refractivity contribution in [2.45, 2.75) is 12.8 Å². The van der Waals surface area contributed by atoms with Crippen LogP contribution in [0, 0.1) is 37.7 Å². The van der Waals surface area contributed by atoms with Crippen molar-refractivity contribution in [1.82, 2.24) is 0 Å². The Labute approximate surface area is 110 Å². The first kappa shape index (κ1) is 14.3. The minimum Gasteiger partial charge on any atom is -0.289 e. The van der Waals surface area contributed by atoms with Gasteiger partial charge in [-0.1, -0.05) is 0 Å². The van der Waals surface area contributed by atoms with Crippen molar-refractivity contribution >= 4 is 0 Å². The van der Waals surface area contributed by atoms with Crippen LogP contribution in [0.25, 0.3) is 0 Å². The molecule has 0 saturated heterocycles. The Bertz CT molecular complexity index is 199. The summed E-state index contributed by atoms with van der Waals surface area (Å²) in [6.45, 7) is 0. The molecule has 60 valence electrons. The van der Waals surface area contributed by atoms with Crippen LogP contribution in [-0.4, -0.2) is 9.85 Å². The van der Waals surface area contributed by atoms with Crippen molar-refractivity contribution in [2.24, 2.45) is 0 Å². The van der Waals surface area contributed by atoms with E-state index in [9.17, 15) is 20.2 Å². The molecule has 0 fully saturated rings. The fourth-order valence-electron chi connectivity index (χ4n) is 0.417. The molecule has 0 saturated carbocycles. The van der Waals surface area contributed by atoms with Gasteiger partial charge in [0.15, 0.2) is 0 Å². The normalized spacial score (nSPS) is 7.58. The second-order valence-corrected chi connectivity index (χ2v) is 1.59. The summed E-state index contributed by atoms with van der Waals surface area (Å²) in [6.07, 6.45) is -1.67. The molecule has 0 rings (SSSR count). The van der Waals surface area contributed by atoms with Crippen molar-refractivity contribution in [3.05, 3.63) is 26.4 Å². The predicted octanol–water partition coefficient (Wildman–Crippen LogP) is -2.66. The number of nitrogens with zero attached hydrogens (tertiary/aromatic N) is 3. The Kier molecular flexibility index (Phi) is 8.89. The molecular weight excluding hydrogens is 193 g/mol. The molecule has 0 aromatic carbocycles. The van der Waals surface area contributed by atoms with Crippen LogP contribution in [0.1, 0.15) is 12.8 Å². The Balaban J connectivity index is 0. The monoisotopic (exact) mass is 197 g/mol. The third-order valence-electron chi connectivity index (χ3n) is 0.882. The topological polar surface area (TPSA) is 110 Å². The van der Waals surface area contributed by atoms with E-state index in [4.69, 9.17) is 5.26 Å². The van der Waals surface area contributed by atoms with Crippen LogP contribution in [0.4, 0.5) is 0 Å². The molecule has 7 nitrogen and oxygen atoms in total. The SMILES string of the molecule is N#CCC[C-]([N+](=O)[O-])[N+](=O)[O-].[K+]. The van der Waals surface area contributed by atoms with Crippen molar-refractivity contribution in [3.63, 3.8) is 0 Å². The molecule has 0 amide bonds. The Hall–Kier alpha value is -0.204. The van der Waals surface area contributed by atoms with Gasteiger partial charge < -0.3 is 0 Å². The molecule has 12 heavy (non-hydrogen) atoms. The molecule has 8 heteroatoms. The van der Waals surface area contributed by atoms with E-state index in [-0.39, 0.29) is 57.8 Å². The van der Waals surface area contributed by atoms with Gasteiger partial charge in [-0.3, -0.25) is 20.2 Å². The van der Waals surface area contributed by atoms with Gasteiger partial charge >= 0.3 is 51.4 Å². The van der Waals surface area contributed by atoms with Crippen LogP contribution >= 0.6 is 0 Å². The largest absolute Gasteiger partial charge is 1.00 e. The number of nitriles is 1. The van der Waals surface area contributed by atoms with Crippen molar-refractivity contribution in [2.75, 3.05) is 0 Å². The van der Waals surface area contributed by atoms with Gasteiger partial charge in [0.2, 0.25) is 0 Å². The van der Waals surface area contributed by atoms with E-state index in [1.54, 1.807) is 6.07 Å². The number of hydrogen-bond donors (Lipinski definition) is 0. The molecule has 0 N–H and O–H groups in total. The summed E-state index contributed by atoms with van der Waals surface area (Å²) in [5.74, 6) is 0. The number of hydrogen-bond acceptors (Lipinski definition) is 5. The van der Waals surface area contributed by atoms with Crippen molar-refractivity contribution in [3.8, 4) is 6.07 Å². The Morgan fingerprint density at radius 3 is 2.00 bits per heavy atom. The van der Waals surface area contributed by atoms with Crippen LogP contribution in [0.15, 0.2) is 0 Å². The predicted molar refractivity (Wildman–Crippen MR) is 32.1 cm³/mol. The van der Waals surface area contributed by atoms with Crippen molar-refractivity contribution in [1.29, 1.82) is 5.26 Å². The quantitative estimate of drug-likeness (QED) is 0.211. The van der Waals surface area contributed by atoms with Crippen LogP contribution in [0.3, 0.4) is 0 Å². The molecule has 0 aliphatic carbocycles. The summed E-state index contributed by atoms with van der Waals surface area (Å²) in [7, 11) is 0. The molecule has 0 atom stereocenters.